The molecule has 1 aromatic heterocycles. The number of fused-ring (bicyclic) bond motifs is 1. The molecule has 2 aliphatic heterocycles. The van der Waals surface area contributed by atoms with Crippen molar-refractivity contribution in [3.63, 3.8) is 0 Å². The van der Waals surface area contributed by atoms with Crippen LogP contribution in [-0.2, 0) is 22.6 Å². The molecule has 2 atom stereocenters. The monoisotopic (exact) mass is 444 g/mol. The highest BCUT2D eigenvalue weighted by molar-refractivity contribution is 5.97. The van der Waals surface area contributed by atoms with Gasteiger partial charge in [0.2, 0.25) is 11.8 Å². The van der Waals surface area contributed by atoms with Crippen molar-refractivity contribution in [1.29, 1.82) is 0 Å². The van der Waals surface area contributed by atoms with Crippen molar-refractivity contribution >= 4 is 28.5 Å². The topological polar surface area (TPSA) is 58.4 Å². The molecule has 2 fully saturated rings. The van der Waals surface area contributed by atoms with E-state index in [1.165, 1.54) is 12.0 Å². The van der Waals surface area contributed by atoms with Crippen LogP contribution in [-0.4, -0.2) is 45.4 Å². The predicted molar refractivity (Wildman–Crippen MR) is 130 cm³/mol. The van der Waals surface area contributed by atoms with Crippen molar-refractivity contribution in [3.05, 3.63) is 59.9 Å². The molecule has 0 spiro atoms. The normalized spacial score (nSPS) is 21.2. The largest absolute Gasteiger partial charge is 0.338 e. The lowest BCUT2D eigenvalue weighted by Crippen LogP contribution is -2.43. The van der Waals surface area contributed by atoms with Gasteiger partial charge in [-0.25, -0.2) is 4.98 Å². The maximum absolute atomic E-state index is 13.3. The Labute approximate surface area is 195 Å². The van der Waals surface area contributed by atoms with E-state index in [0.29, 0.717) is 13.0 Å². The van der Waals surface area contributed by atoms with Crippen LogP contribution in [0.1, 0.15) is 56.8 Å². The number of benzene rings is 2. The van der Waals surface area contributed by atoms with Crippen molar-refractivity contribution in [2.24, 2.45) is 0 Å². The lowest BCUT2D eigenvalue weighted by molar-refractivity contribution is -0.135. The van der Waals surface area contributed by atoms with E-state index in [1.54, 1.807) is 0 Å². The highest BCUT2D eigenvalue weighted by Crippen LogP contribution is 2.35. The molecule has 172 valence electrons. The summed E-state index contributed by atoms with van der Waals surface area (Å²) in [5.41, 5.74) is 4.01. The van der Waals surface area contributed by atoms with Gasteiger partial charge in [-0.2, -0.15) is 0 Å². The zero-order chi connectivity index (χ0) is 22.9. The quantitative estimate of drug-likeness (QED) is 0.581. The smallest absolute Gasteiger partial charge is 0.242 e. The Bertz CT molecular complexity index is 1180. The molecule has 2 unspecified atom stereocenters. The highest BCUT2D eigenvalue weighted by Gasteiger charge is 2.36. The van der Waals surface area contributed by atoms with Gasteiger partial charge < -0.3 is 14.4 Å². The second kappa shape index (κ2) is 9.00. The third kappa shape index (κ3) is 4.03. The Morgan fingerprint density at radius 1 is 1.09 bits per heavy atom. The highest BCUT2D eigenvalue weighted by atomic mass is 16.2. The number of carbonyl (C=O) groups is 2. The van der Waals surface area contributed by atoms with Crippen molar-refractivity contribution < 1.29 is 9.59 Å². The third-order valence-corrected chi connectivity index (χ3v) is 7.25. The van der Waals surface area contributed by atoms with Crippen LogP contribution in [0.25, 0.3) is 11.0 Å². The van der Waals surface area contributed by atoms with Crippen LogP contribution >= 0.6 is 0 Å². The number of imidazole rings is 1. The van der Waals surface area contributed by atoms with E-state index in [0.717, 1.165) is 48.4 Å². The van der Waals surface area contributed by atoms with Crippen LogP contribution in [0.15, 0.2) is 48.5 Å². The van der Waals surface area contributed by atoms with Crippen LogP contribution in [0.5, 0.6) is 0 Å². The third-order valence-electron chi connectivity index (χ3n) is 7.25. The van der Waals surface area contributed by atoms with Gasteiger partial charge in [0.15, 0.2) is 0 Å². The number of amides is 2. The maximum Gasteiger partial charge on any atom is 0.242 e. The van der Waals surface area contributed by atoms with Gasteiger partial charge in [-0.1, -0.05) is 37.3 Å². The molecule has 0 radical (unpaired) electrons. The van der Waals surface area contributed by atoms with E-state index in [9.17, 15) is 9.59 Å². The fraction of sp³-hybridized carbons (Fsp3) is 0.444. The van der Waals surface area contributed by atoms with Crippen molar-refractivity contribution in [3.8, 4) is 0 Å². The number of nitrogens with zero attached hydrogens (tertiary/aromatic N) is 4. The number of aromatic nitrogens is 2. The standard InChI is InChI=1S/C27H32N4O2/c1-3-20-11-4-6-13-23(20)30-17-21(16-25(30)32)27-28-22-12-5-7-14-24(22)31(27)18-26(33)29-15-9-8-10-19(29)2/h4-7,11-14,19,21H,3,8-10,15-18H2,1-2H3. The summed E-state index contributed by atoms with van der Waals surface area (Å²) in [6.07, 6.45) is 4.60. The summed E-state index contributed by atoms with van der Waals surface area (Å²) < 4.78 is 2.06. The Balaban J connectivity index is 1.47. The van der Waals surface area contributed by atoms with Crippen LogP contribution in [0.2, 0.25) is 0 Å². The van der Waals surface area contributed by atoms with Gasteiger partial charge in [-0.3, -0.25) is 9.59 Å². The first kappa shape index (κ1) is 21.7. The first-order valence-electron chi connectivity index (χ1n) is 12.2. The Morgan fingerprint density at radius 3 is 2.70 bits per heavy atom. The number of hydrogen-bond donors (Lipinski definition) is 0. The molecule has 2 amide bonds. The summed E-state index contributed by atoms with van der Waals surface area (Å²) in [4.78, 5) is 35.3. The molecule has 6 nitrogen and oxygen atoms in total. The Morgan fingerprint density at radius 2 is 1.88 bits per heavy atom. The first-order valence-corrected chi connectivity index (χ1v) is 12.2. The molecular formula is C27H32N4O2. The number of hydrogen-bond acceptors (Lipinski definition) is 3. The molecule has 6 heteroatoms. The van der Waals surface area contributed by atoms with E-state index >= 15 is 0 Å². The molecule has 0 aliphatic carbocycles. The lowest BCUT2D eigenvalue weighted by Gasteiger charge is -2.33. The minimum absolute atomic E-state index is 0.0404. The summed E-state index contributed by atoms with van der Waals surface area (Å²) in [6.45, 7) is 5.95. The number of anilines is 1. The van der Waals surface area contributed by atoms with E-state index in [1.807, 2.05) is 52.3 Å². The Hall–Kier alpha value is -3.15. The fourth-order valence-corrected chi connectivity index (χ4v) is 5.45. The predicted octanol–water partition coefficient (Wildman–Crippen LogP) is 4.52. The summed E-state index contributed by atoms with van der Waals surface area (Å²) in [5.74, 6) is 1.07. The summed E-state index contributed by atoms with van der Waals surface area (Å²) in [5, 5.41) is 0. The summed E-state index contributed by atoms with van der Waals surface area (Å²) in [6, 6.07) is 16.4. The van der Waals surface area contributed by atoms with Crippen molar-refractivity contribution in [1.82, 2.24) is 14.5 Å². The van der Waals surface area contributed by atoms with Crippen LogP contribution in [0, 0.1) is 0 Å². The average molecular weight is 445 g/mol. The number of aryl methyl sites for hydroxylation is 1. The van der Waals surface area contributed by atoms with Gasteiger partial charge in [0, 0.05) is 37.2 Å². The molecule has 3 heterocycles. The molecule has 0 N–H and O–H groups in total. The molecule has 0 saturated carbocycles. The molecular weight excluding hydrogens is 412 g/mol. The van der Waals surface area contributed by atoms with E-state index in [-0.39, 0.29) is 30.3 Å². The molecule has 0 bridgehead atoms. The van der Waals surface area contributed by atoms with E-state index in [2.05, 4.69) is 24.5 Å². The van der Waals surface area contributed by atoms with Gasteiger partial charge in [0.05, 0.1) is 11.0 Å². The molecule has 2 saturated heterocycles. The fourth-order valence-electron chi connectivity index (χ4n) is 5.45. The number of para-hydroxylation sites is 3. The minimum atomic E-state index is -0.0404. The van der Waals surface area contributed by atoms with Gasteiger partial charge in [0.25, 0.3) is 0 Å². The van der Waals surface area contributed by atoms with Gasteiger partial charge in [-0.05, 0) is 56.4 Å². The zero-order valence-electron chi connectivity index (χ0n) is 19.5. The maximum atomic E-state index is 13.3. The number of likely N-dealkylation sites (tertiary alicyclic amines) is 1. The van der Waals surface area contributed by atoms with Crippen molar-refractivity contribution in [2.75, 3.05) is 18.0 Å². The number of piperidine rings is 1. The van der Waals surface area contributed by atoms with Gasteiger partial charge in [-0.15, -0.1) is 0 Å². The van der Waals surface area contributed by atoms with Crippen LogP contribution in [0.3, 0.4) is 0 Å². The Kier molecular flexibility index (Phi) is 5.92. The molecule has 5 rings (SSSR count). The first-order chi connectivity index (χ1) is 16.1. The molecule has 2 aliphatic rings. The van der Waals surface area contributed by atoms with E-state index < -0.39 is 0 Å². The van der Waals surface area contributed by atoms with Crippen LogP contribution < -0.4 is 4.90 Å². The van der Waals surface area contributed by atoms with E-state index in [4.69, 9.17) is 4.98 Å². The number of rotatable bonds is 5. The molecule has 2 aromatic carbocycles. The second-order valence-electron chi connectivity index (χ2n) is 9.36. The zero-order valence-corrected chi connectivity index (χ0v) is 19.5. The minimum Gasteiger partial charge on any atom is -0.338 e. The van der Waals surface area contributed by atoms with Gasteiger partial charge in [0.1, 0.15) is 12.4 Å². The SMILES string of the molecule is CCc1ccccc1N1CC(c2nc3ccccc3n2CC(=O)N2CCCCC2C)CC1=O. The van der Waals surface area contributed by atoms with Gasteiger partial charge >= 0.3 is 0 Å². The molecule has 33 heavy (non-hydrogen) atoms. The van der Waals surface area contributed by atoms with Crippen molar-refractivity contribution in [2.45, 2.75) is 64.5 Å². The summed E-state index contributed by atoms with van der Waals surface area (Å²) in [7, 11) is 0. The summed E-state index contributed by atoms with van der Waals surface area (Å²) >= 11 is 0. The number of carbonyl (C=O) groups excluding carboxylic acids is 2. The van der Waals surface area contributed by atoms with Crippen LogP contribution in [0.4, 0.5) is 5.69 Å². The molecule has 3 aromatic rings. The average Bonchev–Trinajstić information content (AvgIpc) is 3.39. The lowest BCUT2D eigenvalue weighted by atomic mass is 10.0. The second-order valence-corrected chi connectivity index (χ2v) is 9.36.